The molecular weight excluding hydrogens is 182 g/mol. The highest BCUT2D eigenvalue weighted by atomic mass is 16.4. The van der Waals surface area contributed by atoms with Gasteiger partial charge < -0.3 is 10.0 Å². The summed E-state index contributed by atoms with van der Waals surface area (Å²) in [6.07, 6.45) is 0.344. The average molecular weight is 201 g/mol. The number of hydrogen-bond acceptors (Lipinski definition) is 2. The summed E-state index contributed by atoms with van der Waals surface area (Å²) >= 11 is 0. The van der Waals surface area contributed by atoms with Crippen LogP contribution in [0.3, 0.4) is 0 Å². The second-order valence-electron chi connectivity index (χ2n) is 3.91. The van der Waals surface area contributed by atoms with E-state index < -0.39 is 11.9 Å². The molecule has 0 heterocycles. The molecule has 1 N–H and O–H groups in total. The van der Waals surface area contributed by atoms with Crippen LogP contribution in [0.15, 0.2) is 0 Å². The van der Waals surface area contributed by atoms with E-state index >= 15 is 0 Å². The first-order valence-corrected chi connectivity index (χ1v) is 4.87. The smallest absolute Gasteiger partial charge is 0.316 e. The lowest BCUT2D eigenvalue weighted by Gasteiger charge is -2.22. The Labute approximate surface area is 84.9 Å². The van der Waals surface area contributed by atoms with Crippen molar-refractivity contribution in [2.45, 2.75) is 27.2 Å². The minimum Gasteiger partial charge on any atom is -0.481 e. The van der Waals surface area contributed by atoms with Crippen LogP contribution in [0.1, 0.15) is 27.2 Å². The van der Waals surface area contributed by atoms with Gasteiger partial charge in [-0.15, -0.1) is 0 Å². The molecule has 4 heteroatoms. The molecule has 0 saturated heterocycles. The number of aliphatic carboxylic acids is 1. The third-order valence-electron chi connectivity index (χ3n) is 2.02. The zero-order valence-corrected chi connectivity index (χ0v) is 9.28. The summed E-state index contributed by atoms with van der Waals surface area (Å²) in [6.45, 7) is 6.29. The highest BCUT2D eigenvalue weighted by Gasteiger charge is 2.27. The quantitative estimate of drug-likeness (QED) is 0.680. The van der Waals surface area contributed by atoms with E-state index in [9.17, 15) is 9.59 Å². The molecule has 0 aliphatic rings. The number of hydrogen-bond donors (Lipinski definition) is 1. The van der Waals surface area contributed by atoms with Crippen molar-refractivity contribution in [3.63, 3.8) is 0 Å². The molecule has 0 bridgehead atoms. The first kappa shape index (κ1) is 12.9. The van der Waals surface area contributed by atoms with Crippen LogP contribution in [0.5, 0.6) is 0 Å². The first-order valence-electron chi connectivity index (χ1n) is 4.87. The van der Waals surface area contributed by atoms with E-state index in [1.165, 1.54) is 4.90 Å². The molecule has 0 radical (unpaired) electrons. The Morgan fingerprint density at radius 3 is 2.14 bits per heavy atom. The molecule has 0 aliphatic carbocycles. The lowest BCUT2D eigenvalue weighted by Crippen LogP contribution is -2.38. The Bertz CT molecular complexity index is 213. The zero-order chi connectivity index (χ0) is 11.3. The number of nitrogens with zero attached hydrogens (tertiary/aromatic N) is 1. The SMILES string of the molecule is CCC(C(=O)O)C(=O)N(C)CC(C)C. The molecule has 0 aromatic rings. The van der Waals surface area contributed by atoms with Crippen LogP contribution >= 0.6 is 0 Å². The molecule has 0 fully saturated rings. The molecule has 14 heavy (non-hydrogen) atoms. The van der Waals surface area contributed by atoms with Crippen LogP contribution in [0.2, 0.25) is 0 Å². The predicted octanol–water partition coefficient (Wildman–Crippen LogP) is 1.21. The van der Waals surface area contributed by atoms with Crippen molar-refractivity contribution in [2.75, 3.05) is 13.6 Å². The van der Waals surface area contributed by atoms with Crippen molar-refractivity contribution >= 4 is 11.9 Å². The summed E-state index contributed by atoms with van der Waals surface area (Å²) in [5, 5.41) is 8.78. The molecule has 0 aliphatic heterocycles. The van der Waals surface area contributed by atoms with Gasteiger partial charge in [-0.25, -0.2) is 0 Å². The number of rotatable bonds is 5. The summed E-state index contributed by atoms with van der Waals surface area (Å²) in [5.41, 5.74) is 0. The van der Waals surface area contributed by atoms with Gasteiger partial charge in [0, 0.05) is 13.6 Å². The van der Waals surface area contributed by atoms with E-state index in [2.05, 4.69) is 0 Å². The molecular formula is C10H19NO3. The normalized spacial score (nSPS) is 12.6. The monoisotopic (exact) mass is 201 g/mol. The lowest BCUT2D eigenvalue weighted by atomic mass is 10.0. The zero-order valence-electron chi connectivity index (χ0n) is 9.28. The standard InChI is InChI=1S/C10H19NO3/c1-5-8(10(13)14)9(12)11(4)6-7(2)3/h7-8H,5-6H2,1-4H3,(H,13,14). The van der Waals surface area contributed by atoms with Gasteiger partial charge in [-0.1, -0.05) is 20.8 Å². The number of amides is 1. The minimum atomic E-state index is -1.03. The van der Waals surface area contributed by atoms with Crippen molar-refractivity contribution < 1.29 is 14.7 Å². The van der Waals surface area contributed by atoms with Gasteiger partial charge in [0.1, 0.15) is 5.92 Å². The Morgan fingerprint density at radius 1 is 1.36 bits per heavy atom. The Hall–Kier alpha value is -1.06. The molecule has 0 aromatic carbocycles. The van der Waals surface area contributed by atoms with E-state index in [1.54, 1.807) is 14.0 Å². The van der Waals surface area contributed by atoms with Crippen LogP contribution < -0.4 is 0 Å². The third-order valence-corrected chi connectivity index (χ3v) is 2.02. The highest BCUT2D eigenvalue weighted by molar-refractivity contribution is 5.96. The van der Waals surface area contributed by atoms with E-state index in [-0.39, 0.29) is 5.91 Å². The van der Waals surface area contributed by atoms with Crippen LogP contribution in [-0.4, -0.2) is 35.5 Å². The van der Waals surface area contributed by atoms with Gasteiger partial charge in [0.05, 0.1) is 0 Å². The Kier molecular flexibility index (Phi) is 5.20. The van der Waals surface area contributed by atoms with Gasteiger partial charge in [0.2, 0.25) is 5.91 Å². The molecule has 0 spiro atoms. The third kappa shape index (κ3) is 3.77. The van der Waals surface area contributed by atoms with Crippen LogP contribution in [0, 0.1) is 11.8 Å². The molecule has 1 atom stereocenters. The maximum absolute atomic E-state index is 11.6. The van der Waals surface area contributed by atoms with Crippen molar-refractivity contribution in [1.29, 1.82) is 0 Å². The maximum Gasteiger partial charge on any atom is 0.316 e. The number of carboxylic acid groups (broad SMARTS) is 1. The van der Waals surface area contributed by atoms with Crippen LogP contribution in [0.4, 0.5) is 0 Å². The van der Waals surface area contributed by atoms with Gasteiger partial charge in [-0.3, -0.25) is 9.59 Å². The van der Waals surface area contributed by atoms with Crippen molar-refractivity contribution in [1.82, 2.24) is 4.90 Å². The van der Waals surface area contributed by atoms with E-state index in [4.69, 9.17) is 5.11 Å². The summed E-state index contributed by atoms with van der Waals surface area (Å²) in [7, 11) is 1.65. The van der Waals surface area contributed by atoms with E-state index in [0.717, 1.165) is 0 Å². The molecule has 82 valence electrons. The highest BCUT2D eigenvalue weighted by Crippen LogP contribution is 2.08. The van der Waals surface area contributed by atoms with Crippen molar-refractivity contribution in [2.24, 2.45) is 11.8 Å². The van der Waals surface area contributed by atoms with Crippen LogP contribution in [-0.2, 0) is 9.59 Å². The van der Waals surface area contributed by atoms with E-state index in [0.29, 0.717) is 18.9 Å². The fourth-order valence-corrected chi connectivity index (χ4v) is 1.36. The Morgan fingerprint density at radius 2 is 1.86 bits per heavy atom. The van der Waals surface area contributed by atoms with Crippen molar-refractivity contribution in [3.05, 3.63) is 0 Å². The minimum absolute atomic E-state index is 0.297. The fraction of sp³-hybridized carbons (Fsp3) is 0.800. The maximum atomic E-state index is 11.6. The molecule has 4 nitrogen and oxygen atoms in total. The van der Waals surface area contributed by atoms with Crippen LogP contribution in [0.25, 0.3) is 0 Å². The summed E-state index contributed by atoms with van der Waals surface area (Å²) in [6, 6.07) is 0. The first-order chi connectivity index (χ1) is 6.40. The topological polar surface area (TPSA) is 57.6 Å². The Balaban J connectivity index is 4.35. The fourth-order valence-electron chi connectivity index (χ4n) is 1.36. The summed E-state index contributed by atoms with van der Waals surface area (Å²) in [5.74, 6) is -1.86. The van der Waals surface area contributed by atoms with Gasteiger partial charge in [-0.2, -0.15) is 0 Å². The summed E-state index contributed by atoms with van der Waals surface area (Å²) < 4.78 is 0. The lowest BCUT2D eigenvalue weighted by molar-refractivity contribution is -0.150. The number of carbonyl (C=O) groups excluding carboxylic acids is 1. The van der Waals surface area contributed by atoms with Crippen molar-refractivity contribution in [3.8, 4) is 0 Å². The van der Waals surface area contributed by atoms with Gasteiger partial charge in [-0.05, 0) is 12.3 Å². The number of carboxylic acids is 1. The van der Waals surface area contributed by atoms with Gasteiger partial charge in [0.25, 0.3) is 0 Å². The number of carbonyl (C=O) groups is 2. The molecule has 0 saturated carbocycles. The second kappa shape index (κ2) is 5.62. The second-order valence-corrected chi connectivity index (χ2v) is 3.91. The van der Waals surface area contributed by atoms with Gasteiger partial charge >= 0.3 is 5.97 Å². The summed E-state index contributed by atoms with van der Waals surface area (Å²) in [4.78, 5) is 23.8. The molecule has 1 unspecified atom stereocenters. The van der Waals surface area contributed by atoms with E-state index in [1.807, 2.05) is 13.8 Å². The molecule has 0 rings (SSSR count). The largest absolute Gasteiger partial charge is 0.481 e. The molecule has 0 aromatic heterocycles. The van der Waals surface area contributed by atoms with Gasteiger partial charge in [0.15, 0.2) is 0 Å². The average Bonchev–Trinajstić information content (AvgIpc) is 2.03. The molecule has 1 amide bonds. The predicted molar refractivity (Wildman–Crippen MR) is 53.9 cm³/mol.